The molecule has 0 aliphatic heterocycles. The molecule has 0 bridgehead atoms. The summed E-state index contributed by atoms with van der Waals surface area (Å²) in [5.74, 6) is 0.785. The van der Waals surface area contributed by atoms with E-state index in [0.717, 1.165) is 24.2 Å². The maximum atomic E-state index is 11.9. The van der Waals surface area contributed by atoms with Crippen molar-refractivity contribution in [3.8, 4) is 16.9 Å². The molecule has 0 fully saturated rings. The average molecular weight is 433 g/mol. The molecule has 1 atom stereocenters. The van der Waals surface area contributed by atoms with Crippen LogP contribution in [0.2, 0.25) is 0 Å². The largest absolute Gasteiger partial charge is 0.494 e. The van der Waals surface area contributed by atoms with Crippen LogP contribution in [0.5, 0.6) is 5.75 Å². The van der Waals surface area contributed by atoms with E-state index in [1.54, 1.807) is 6.92 Å². The molecule has 1 aromatic carbocycles. The first-order chi connectivity index (χ1) is 15.7. The molecule has 0 saturated carbocycles. The van der Waals surface area contributed by atoms with Gasteiger partial charge in [-0.2, -0.15) is 0 Å². The molecule has 32 heavy (non-hydrogen) atoms. The Morgan fingerprint density at radius 1 is 1.00 bits per heavy atom. The molecule has 3 aromatic rings. The fourth-order valence-corrected chi connectivity index (χ4v) is 4.25. The van der Waals surface area contributed by atoms with E-state index in [-0.39, 0.29) is 5.97 Å². The van der Waals surface area contributed by atoms with Gasteiger partial charge in [0.1, 0.15) is 5.75 Å². The molecule has 0 saturated heterocycles. The molecule has 6 nitrogen and oxygen atoms in total. The van der Waals surface area contributed by atoms with Gasteiger partial charge in [0.15, 0.2) is 6.10 Å². The Morgan fingerprint density at radius 2 is 1.66 bits per heavy atom. The number of nitrogens with zero attached hydrogens (tertiary/aromatic N) is 2. The van der Waals surface area contributed by atoms with E-state index in [9.17, 15) is 4.79 Å². The van der Waals surface area contributed by atoms with Gasteiger partial charge in [-0.3, -0.25) is 9.97 Å². The number of hydrogen-bond acceptors (Lipinski definition) is 6. The van der Waals surface area contributed by atoms with Crippen LogP contribution in [-0.2, 0) is 20.7 Å². The third-order valence-electron chi connectivity index (χ3n) is 5.83. The van der Waals surface area contributed by atoms with Gasteiger partial charge in [0, 0.05) is 44.2 Å². The van der Waals surface area contributed by atoms with Crippen molar-refractivity contribution in [2.24, 2.45) is 0 Å². The number of carbonyl (C=O) groups excluding carboxylic acids is 1. The topological polar surface area (TPSA) is 70.5 Å². The van der Waals surface area contributed by atoms with Crippen LogP contribution in [0.3, 0.4) is 0 Å². The van der Waals surface area contributed by atoms with Gasteiger partial charge in [0.2, 0.25) is 0 Å². The van der Waals surface area contributed by atoms with E-state index >= 15 is 0 Å². The van der Waals surface area contributed by atoms with Crippen molar-refractivity contribution in [3.05, 3.63) is 77.9 Å². The fraction of sp³-hybridized carbons (Fsp3) is 0.346. The van der Waals surface area contributed by atoms with Crippen LogP contribution in [0.15, 0.2) is 61.2 Å². The number of carbonyl (C=O) groups is 1. The Kier molecular flexibility index (Phi) is 7.12. The zero-order valence-electron chi connectivity index (χ0n) is 18.5. The number of esters is 1. The molecule has 166 valence electrons. The molecule has 2 heterocycles. The number of methoxy groups -OCH3 is 1. The molecule has 1 unspecified atom stereocenters. The van der Waals surface area contributed by atoms with Crippen molar-refractivity contribution in [1.82, 2.24) is 9.97 Å². The lowest BCUT2D eigenvalue weighted by molar-refractivity contribution is -0.154. The summed E-state index contributed by atoms with van der Waals surface area (Å²) in [6.07, 6.45) is 9.42. The van der Waals surface area contributed by atoms with Crippen LogP contribution < -0.4 is 4.74 Å². The van der Waals surface area contributed by atoms with Crippen molar-refractivity contribution in [2.75, 3.05) is 20.3 Å². The Hall–Kier alpha value is -3.25. The summed E-state index contributed by atoms with van der Waals surface area (Å²) in [5.41, 5.74) is 6.06. The Morgan fingerprint density at radius 3 is 2.25 bits per heavy atom. The van der Waals surface area contributed by atoms with E-state index in [2.05, 4.69) is 22.1 Å². The minimum atomic E-state index is -0.595. The standard InChI is InChI=1S/C26H28N2O4/c1-3-31-26(29)25(30-2)15-18-6-8-19(9-7-18)32-14-4-5-20-23-16-27-12-10-21(23)22-11-13-28-17-24(20)22/h6-13,16-17,20,25H,3-5,14-15H2,1-2H3. The highest BCUT2D eigenvalue weighted by molar-refractivity contribution is 5.77. The van der Waals surface area contributed by atoms with E-state index in [1.165, 1.54) is 29.4 Å². The first-order valence-electron chi connectivity index (χ1n) is 11.0. The summed E-state index contributed by atoms with van der Waals surface area (Å²) >= 11 is 0. The summed E-state index contributed by atoms with van der Waals surface area (Å²) in [6.45, 7) is 2.76. The number of pyridine rings is 2. The average Bonchev–Trinajstić information content (AvgIpc) is 3.15. The second kappa shape index (κ2) is 10.4. The molecule has 6 heteroatoms. The maximum Gasteiger partial charge on any atom is 0.335 e. The predicted octanol–water partition coefficient (Wildman–Crippen LogP) is 4.57. The normalized spacial score (nSPS) is 13.3. The fourth-order valence-electron chi connectivity index (χ4n) is 4.25. The zero-order chi connectivity index (χ0) is 22.3. The molecule has 0 amide bonds. The van der Waals surface area contributed by atoms with Crippen molar-refractivity contribution in [1.29, 1.82) is 0 Å². The van der Waals surface area contributed by atoms with Crippen LogP contribution in [-0.4, -0.2) is 42.4 Å². The van der Waals surface area contributed by atoms with E-state index in [0.29, 0.717) is 25.6 Å². The SMILES string of the molecule is CCOC(=O)C(Cc1ccc(OCCCC2c3cnccc3-c3ccncc32)cc1)OC. The number of benzene rings is 1. The molecular formula is C26H28N2O4. The van der Waals surface area contributed by atoms with Gasteiger partial charge in [0.05, 0.1) is 13.2 Å². The number of hydrogen-bond donors (Lipinski definition) is 0. The molecule has 0 radical (unpaired) electrons. The Bertz CT molecular complexity index is 1010. The van der Waals surface area contributed by atoms with Gasteiger partial charge in [-0.1, -0.05) is 12.1 Å². The van der Waals surface area contributed by atoms with Crippen molar-refractivity contribution < 1.29 is 19.0 Å². The van der Waals surface area contributed by atoms with Crippen LogP contribution in [0, 0.1) is 0 Å². The van der Waals surface area contributed by atoms with Crippen molar-refractivity contribution in [2.45, 2.75) is 38.2 Å². The summed E-state index contributed by atoms with van der Waals surface area (Å²) in [6, 6.07) is 12.0. The highest BCUT2D eigenvalue weighted by Gasteiger charge is 2.28. The second-order valence-electron chi connectivity index (χ2n) is 7.79. The lowest BCUT2D eigenvalue weighted by Crippen LogP contribution is -2.27. The monoisotopic (exact) mass is 432 g/mol. The Balaban J connectivity index is 1.30. The van der Waals surface area contributed by atoms with E-state index in [1.807, 2.05) is 49.1 Å². The second-order valence-corrected chi connectivity index (χ2v) is 7.79. The molecule has 4 rings (SSSR count). The summed E-state index contributed by atoms with van der Waals surface area (Å²) in [5, 5.41) is 0. The zero-order valence-corrected chi connectivity index (χ0v) is 18.5. The van der Waals surface area contributed by atoms with Gasteiger partial charge in [-0.25, -0.2) is 4.79 Å². The minimum absolute atomic E-state index is 0.308. The van der Waals surface area contributed by atoms with Gasteiger partial charge in [0.25, 0.3) is 0 Å². The predicted molar refractivity (Wildman–Crippen MR) is 122 cm³/mol. The molecule has 0 N–H and O–H groups in total. The third-order valence-corrected chi connectivity index (χ3v) is 5.83. The third kappa shape index (κ3) is 4.81. The molecule has 1 aliphatic rings. The van der Waals surface area contributed by atoms with E-state index in [4.69, 9.17) is 14.2 Å². The number of aromatic nitrogens is 2. The van der Waals surface area contributed by atoms with Crippen LogP contribution in [0.1, 0.15) is 42.4 Å². The van der Waals surface area contributed by atoms with Crippen LogP contribution in [0.25, 0.3) is 11.1 Å². The maximum absolute atomic E-state index is 11.9. The van der Waals surface area contributed by atoms with Crippen LogP contribution >= 0.6 is 0 Å². The number of fused-ring (bicyclic) bond motifs is 3. The molecule has 2 aromatic heterocycles. The lowest BCUT2D eigenvalue weighted by atomic mass is 9.94. The first kappa shape index (κ1) is 22.0. The summed E-state index contributed by atoms with van der Waals surface area (Å²) in [4.78, 5) is 20.6. The number of rotatable bonds is 10. The van der Waals surface area contributed by atoms with Gasteiger partial charge < -0.3 is 14.2 Å². The van der Waals surface area contributed by atoms with Crippen LogP contribution in [0.4, 0.5) is 0 Å². The molecule has 1 aliphatic carbocycles. The first-order valence-corrected chi connectivity index (χ1v) is 11.0. The highest BCUT2D eigenvalue weighted by atomic mass is 16.6. The smallest absolute Gasteiger partial charge is 0.335 e. The Labute approximate surface area is 188 Å². The molecular weight excluding hydrogens is 404 g/mol. The van der Waals surface area contributed by atoms with E-state index < -0.39 is 6.10 Å². The summed E-state index contributed by atoms with van der Waals surface area (Å²) in [7, 11) is 1.52. The lowest BCUT2D eigenvalue weighted by Gasteiger charge is -2.15. The quantitative estimate of drug-likeness (QED) is 0.345. The van der Waals surface area contributed by atoms with Crippen molar-refractivity contribution >= 4 is 5.97 Å². The van der Waals surface area contributed by atoms with Crippen molar-refractivity contribution in [3.63, 3.8) is 0 Å². The van der Waals surface area contributed by atoms with Gasteiger partial charge in [-0.05, 0) is 71.8 Å². The van der Waals surface area contributed by atoms with Gasteiger partial charge in [-0.15, -0.1) is 0 Å². The van der Waals surface area contributed by atoms with Gasteiger partial charge >= 0.3 is 5.97 Å². The molecule has 0 spiro atoms. The number of ether oxygens (including phenoxy) is 3. The minimum Gasteiger partial charge on any atom is -0.494 e. The highest BCUT2D eigenvalue weighted by Crippen LogP contribution is 2.45. The summed E-state index contributed by atoms with van der Waals surface area (Å²) < 4.78 is 16.3.